The maximum atomic E-state index is 2.29. The van der Waals surface area contributed by atoms with Gasteiger partial charge in [0.15, 0.2) is 0 Å². The van der Waals surface area contributed by atoms with Crippen LogP contribution in [0.5, 0.6) is 0 Å². The van der Waals surface area contributed by atoms with Crippen LogP contribution in [0.2, 0.25) is 0 Å². The summed E-state index contributed by atoms with van der Waals surface area (Å²) in [7, 11) is 0. The topological polar surface area (TPSA) is 3.24 Å². The van der Waals surface area contributed by atoms with E-state index < -0.39 is 0 Å². The molecule has 0 saturated heterocycles. The van der Waals surface area contributed by atoms with Crippen LogP contribution in [0, 0.1) is 0 Å². The van der Waals surface area contributed by atoms with Crippen LogP contribution in [0.1, 0.15) is 27.7 Å². The van der Waals surface area contributed by atoms with Crippen LogP contribution in [-0.2, 0) is 0 Å². The van der Waals surface area contributed by atoms with E-state index in [1.54, 1.807) is 0 Å². The number of para-hydroxylation sites is 1. The van der Waals surface area contributed by atoms with E-state index in [4.69, 9.17) is 0 Å². The summed E-state index contributed by atoms with van der Waals surface area (Å²) in [5.41, 5.74) is 1.20. The molecular weight excluding hydrogens is 220 g/mol. The van der Waals surface area contributed by atoms with Gasteiger partial charge in [0, 0.05) is 5.69 Å². The first-order chi connectivity index (χ1) is 8.56. The average molecular weight is 243 g/mol. The third-order valence-electron chi connectivity index (χ3n) is 3.81. The van der Waals surface area contributed by atoms with Crippen molar-refractivity contribution in [2.24, 2.45) is 0 Å². The molecule has 0 bridgehead atoms. The Hall–Kier alpha value is -1.54. The monoisotopic (exact) mass is 243 g/mol. The summed E-state index contributed by atoms with van der Waals surface area (Å²) in [6.45, 7) is 9.08. The predicted molar refractivity (Wildman–Crippen MR) is 77.7 cm³/mol. The Balaban J connectivity index is 2.25. The van der Waals surface area contributed by atoms with Crippen molar-refractivity contribution >= 4 is 5.69 Å². The molecule has 1 aliphatic rings. The number of anilines is 1. The lowest BCUT2D eigenvalue weighted by Gasteiger charge is -2.41. The van der Waals surface area contributed by atoms with Gasteiger partial charge in [0.05, 0.1) is 24.5 Å². The van der Waals surface area contributed by atoms with E-state index in [2.05, 4.69) is 81.7 Å². The van der Waals surface area contributed by atoms with Crippen molar-refractivity contribution in [3.8, 4) is 0 Å². The number of hydrogen-bond donors (Lipinski definition) is 0. The molecule has 0 aromatic heterocycles. The minimum Gasteiger partial charge on any atom is -0.313 e. The molecule has 18 heavy (non-hydrogen) atoms. The number of quaternary nitrogens is 1. The van der Waals surface area contributed by atoms with Crippen LogP contribution in [0.25, 0.3) is 0 Å². The maximum absolute atomic E-state index is 2.29. The zero-order chi connectivity index (χ0) is 13.2. The van der Waals surface area contributed by atoms with Gasteiger partial charge >= 0.3 is 0 Å². The lowest BCUT2D eigenvalue weighted by atomic mass is 10.1. The van der Waals surface area contributed by atoms with Crippen molar-refractivity contribution in [2.75, 3.05) is 4.90 Å². The largest absolute Gasteiger partial charge is 0.313 e. The summed E-state index contributed by atoms with van der Waals surface area (Å²) in [5.74, 6) is 0. The van der Waals surface area contributed by atoms with Gasteiger partial charge in [-0.2, -0.15) is 0 Å². The van der Waals surface area contributed by atoms with Gasteiger partial charge in [-0.25, -0.2) is 0 Å². The molecule has 0 saturated carbocycles. The van der Waals surface area contributed by atoms with E-state index in [0.717, 1.165) is 4.48 Å². The molecule has 0 radical (unpaired) electrons. The van der Waals surface area contributed by atoms with E-state index in [9.17, 15) is 0 Å². The Morgan fingerprint density at radius 2 is 1.33 bits per heavy atom. The minimum absolute atomic E-state index is 0.551. The zero-order valence-electron chi connectivity index (χ0n) is 11.7. The molecule has 2 heteroatoms. The summed E-state index contributed by atoms with van der Waals surface area (Å²) in [4.78, 5) is 2.17. The molecule has 0 amide bonds. The number of hydrogen-bond acceptors (Lipinski definition) is 1. The van der Waals surface area contributed by atoms with Crippen LogP contribution in [-0.4, -0.2) is 16.6 Å². The molecule has 0 unspecified atom stereocenters. The number of benzene rings is 1. The first kappa shape index (κ1) is 12.9. The van der Waals surface area contributed by atoms with Gasteiger partial charge in [-0.3, -0.25) is 4.48 Å². The standard InChI is InChI=1S/C16H23N2/c1-14(2)18(15(3)4)12-10-17(11-13-18)16-8-6-5-7-9-16/h5-15H,1-4H3/q+1. The van der Waals surface area contributed by atoms with Crippen molar-refractivity contribution in [3.63, 3.8) is 0 Å². The second kappa shape index (κ2) is 4.99. The Morgan fingerprint density at radius 1 is 0.833 bits per heavy atom. The highest BCUT2D eigenvalue weighted by atomic mass is 15.4. The van der Waals surface area contributed by atoms with Gasteiger partial charge in [0.2, 0.25) is 0 Å². The Kier molecular flexibility index (Phi) is 3.58. The molecule has 0 spiro atoms. The third-order valence-corrected chi connectivity index (χ3v) is 3.81. The van der Waals surface area contributed by atoms with Crippen molar-refractivity contribution in [3.05, 3.63) is 55.1 Å². The molecule has 96 valence electrons. The van der Waals surface area contributed by atoms with E-state index in [-0.39, 0.29) is 0 Å². The summed E-state index contributed by atoms with van der Waals surface area (Å²) >= 11 is 0. The molecule has 0 N–H and O–H groups in total. The highest BCUT2D eigenvalue weighted by Crippen LogP contribution is 2.27. The fraction of sp³-hybridized carbons (Fsp3) is 0.375. The lowest BCUT2D eigenvalue weighted by Crippen LogP contribution is -2.50. The van der Waals surface area contributed by atoms with Crippen molar-refractivity contribution < 1.29 is 4.48 Å². The summed E-state index contributed by atoms with van der Waals surface area (Å²) < 4.78 is 0.906. The Morgan fingerprint density at radius 3 is 1.78 bits per heavy atom. The summed E-state index contributed by atoms with van der Waals surface area (Å²) in [5, 5.41) is 0. The van der Waals surface area contributed by atoms with Crippen LogP contribution >= 0.6 is 0 Å². The SMILES string of the molecule is CC(C)[N+]1(C(C)C)C=CN(c2ccccc2)C=C1. The smallest absolute Gasteiger partial charge is 0.118 e. The molecule has 1 aliphatic heterocycles. The average Bonchev–Trinajstić information content (AvgIpc) is 2.39. The molecule has 0 fully saturated rings. The molecule has 1 aromatic rings. The molecule has 0 atom stereocenters. The molecule has 0 aliphatic carbocycles. The van der Waals surface area contributed by atoms with E-state index >= 15 is 0 Å². The summed E-state index contributed by atoms with van der Waals surface area (Å²) in [6.07, 6.45) is 8.94. The van der Waals surface area contributed by atoms with Crippen molar-refractivity contribution in [1.29, 1.82) is 0 Å². The number of rotatable bonds is 3. The zero-order valence-corrected chi connectivity index (χ0v) is 11.7. The molecule has 2 nitrogen and oxygen atoms in total. The van der Waals surface area contributed by atoms with E-state index in [1.165, 1.54) is 5.69 Å². The van der Waals surface area contributed by atoms with Crippen LogP contribution in [0.4, 0.5) is 5.69 Å². The van der Waals surface area contributed by atoms with Crippen LogP contribution < -0.4 is 4.90 Å². The van der Waals surface area contributed by atoms with Gasteiger partial charge in [0.1, 0.15) is 12.4 Å². The molecular formula is C16H23N2+. The van der Waals surface area contributed by atoms with Gasteiger partial charge < -0.3 is 4.90 Å². The second-order valence-electron chi connectivity index (χ2n) is 5.42. The van der Waals surface area contributed by atoms with E-state index in [1.807, 2.05) is 6.07 Å². The van der Waals surface area contributed by atoms with Gasteiger partial charge in [-0.1, -0.05) is 18.2 Å². The Bertz CT molecular complexity index is 419. The van der Waals surface area contributed by atoms with Gasteiger partial charge in [-0.15, -0.1) is 0 Å². The van der Waals surface area contributed by atoms with E-state index in [0.29, 0.717) is 12.1 Å². The highest BCUT2D eigenvalue weighted by Gasteiger charge is 2.32. The van der Waals surface area contributed by atoms with Crippen molar-refractivity contribution in [1.82, 2.24) is 0 Å². The highest BCUT2D eigenvalue weighted by molar-refractivity contribution is 5.52. The second-order valence-corrected chi connectivity index (χ2v) is 5.42. The summed E-state index contributed by atoms with van der Waals surface area (Å²) in [6, 6.07) is 11.5. The fourth-order valence-corrected chi connectivity index (χ4v) is 2.53. The predicted octanol–water partition coefficient (Wildman–Crippen LogP) is 4.08. The molecule has 1 heterocycles. The lowest BCUT2D eigenvalue weighted by molar-refractivity contribution is -0.873. The number of nitrogens with zero attached hydrogens (tertiary/aromatic N) is 2. The Labute approximate surface area is 110 Å². The maximum Gasteiger partial charge on any atom is 0.118 e. The van der Waals surface area contributed by atoms with Gasteiger partial charge in [-0.05, 0) is 39.8 Å². The molecule has 2 rings (SSSR count). The van der Waals surface area contributed by atoms with Crippen LogP contribution in [0.15, 0.2) is 55.1 Å². The molecule has 1 aromatic carbocycles. The third kappa shape index (κ3) is 2.21. The van der Waals surface area contributed by atoms with Crippen LogP contribution in [0.3, 0.4) is 0 Å². The normalized spacial score (nSPS) is 17.8. The first-order valence-electron chi connectivity index (χ1n) is 6.66. The van der Waals surface area contributed by atoms with Gasteiger partial charge in [0.25, 0.3) is 0 Å². The van der Waals surface area contributed by atoms with Crippen molar-refractivity contribution in [2.45, 2.75) is 39.8 Å². The quantitative estimate of drug-likeness (QED) is 0.723. The minimum atomic E-state index is 0.551. The first-order valence-corrected chi connectivity index (χ1v) is 6.66. The fourth-order valence-electron chi connectivity index (χ4n) is 2.53.